The Morgan fingerprint density at radius 2 is 1.98 bits per heavy atom. The molecule has 3 N–H and O–H groups in total. The highest BCUT2D eigenvalue weighted by atomic mass is 35.5. The predicted octanol–water partition coefficient (Wildman–Crippen LogP) is 7.09. The first kappa shape index (κ1) is 29.5. The third-order valence-corrected chi connectivity index (χ3v) is 8.51. The van der Waals surface area contributed by atoms with Crippen molar-refractivity contribution in [3.05, 3.63) is 87.5 Å². The molecule has 2 bridgehead atoms. The van der Waals surface area contributed by atoms with Crippen molar-refractivity contribution < 1.29 is 32.2 Å². The molecule has 3 unspecified atom stereocenters. The van der Waals surface area contributed by atoms with Crippen LogP contribution in [0.3, 0.4) is 0 Å². The second kappa shape index (κ2) is 11.5. The van der Waals surface area contributed by atoms with Gasteiger partial charge in [-0.1, -0.05) is 17.7 Å². The third-order valence-electron chi connectivity index (χ3n) is 8.22. The summed E-state index contributed by atoms with van der Waals surface area (Å²) in [7, 11) is 1.25. The number of halogens is 4. The fraction of sp³-hybridized carbons (Fsp3) is 0.290. The number of nitrogens with one attached hydrogen (secondary N) is 3. The molecule has 2 aromatic carbocycles. The van der Waals surface area contributed by atoms with Gasteiger partial charge in [0.15, 0.2) is 6.20 Å². The van der Waals surface area contributed by atoms with E-state index < -0.39 is 35.4 Å². The average Bonchev–Trinajstić information content (AvgIpc) is 3.59. The van der Waals surface area contributed by atoms with Crippen molar-refractivity contribution in [3.8, 4) is 22.4 Å². The Labute approximate surface area is 255 Å². The lowest BCUT2D eigenvalue weighted by Gasteiger charge is -2.17. The van der Waals surface area contributed by atoms with Crippen LogP contribution in [0.25, 0.3) is 22.4 Å². The maximum atomic E-state index is 15.0. The van der Waals surface area contributed by atoms with Gasteiger partial charge in [0, 0.05) is 40.6 Å². The number of fused-ring (bicyclic) bond motifs is 5. The molecule has 1 aliphatic heterocycles. The molecule has 228 valence electrons. The summed E-state index contributed by atoms with van der Waals surface area (Å²) in [6.07, 6.45) is -1.02. The zero-order valence-electron chi connectivity index (χ0n) is 23.6. The second-order valence-electron chi connectivity index (χ2n) is 11.1. The van der Waals surface area contributed by atoms with Crippen molar-refractivity contribution in [1.29, 1.82) is 0 Å². The summed E-state index contributed by atoms with van der Waals surface area (Å²) in [6, 6.07) is 10.0. The molecular formula is C31H27ClF3N5O4. The van der Waals surface area contributed by atoms with Gasteiger partial charge in [-0.2, -0.15) is 4.73 Å². The molecule has 3 heterocycles. The molecule has 44 heavy (non-hydrogen) atoms. The van der Waals surface area contributed by atoms with Crippen LogP contribution in [-0.4, -0.2) is 29.1 Å². The summed E-state index contributed by atoms with van der Waals surface area (Å²) in [5.41, 5.74) is 1.94. The Morgan fingerprint density at radius 1 is 1.18 bits per heavy atom. The number of H-pyrrole nitrogens is 1. The molecule has 1 saturated carbocycles. The number of alkyl halides is 2. The zero-order chi connectivity index (χ0) is 31.3. The molecule has 0 spiro atoms. The zero-order valence-corrected chi connectivity index (χ0v) is 24.3. The number of amides is 2. The maximum Gasteiger partial charge on any atom is 0.411 e. The lowest BCUT2D eigenvalue weighted by Crippen LogP contribution is -2.34. The number of carbonyl (C=O) groups excluding carboxylic acids is 2. The minimum atomic E-state index is -2.98. The molecule has 4 aromatic rings. The Kier molecular flexibility index (Phi) is 7.70. The van der Waals surface area contributed by atoms with E-state index in [0.29, 0.717) is 51.0 Å². The lowest BCUT2D eigenvalue weighted by atomic mass is 9.94. The second-order valence-corrected chi connectivity index (χ2v) is 11.5. The molecular weight excluding hydrogens is 599 g/mol. The normalized spacial score (nSPS) is 19.2. The van der Waals surface area contributed by atoms with Crippen LogP contribution in [0.5, 0.6) is 0 Å². The van der Waals surface area contributed by atoms with E-state index in [1.807, 2.05) is 6.92 Å². The average molecular weight is 626 g/mol. The molecule has 2 amide bonds. The minimum Gasteiger partial charge on any atom is -0.618 e. The Hall–Kier alpha value is -4.58. The topological polar surface area (TPSA) is 123 Å². The number of rotatable bonds is 4. The van der Waals surface area contributed by atoms with E-state index in [-0.39, 0.29) is 34.7 Å². The fourth-order valence-electron chi connectivity index (χ4n) is 5.93. The van der Waals surface area contributed by atoms with E-state index in [1.54, 1.807) is 18.2 Å². The third kappa shape index (κ3) is 5.57. The number of methoxy groups -OCH3 is 1. The van der Waals surface area contributed by atoms with E-state index in [9.17, 15) is 28.0 Å². The molecule has 1 aliphatic carbocycles. The van der Waals surface area contributed by atoms with Gasteiger partial charge in [-0.05, 0) is 61.9 Å². The van der Waals surface area contributed by atoms with Crippen molar-refractivity contribution in [1.82, 2.24) is 9.97 Å². The van der Waals surface area contributed by atoms with Crippen LogP contribution in [0.4, 0.5) is 29.3 Å². The van der Waals surface area contributed by atoms with Gasteiger partial charge in [0.2, 0.25) is 11.6 Å². The quantitative estimate of drug-likeness (QED) is 0.165. The van der Waals surface area contributed by atoms with E-state index in [0.717, 1.165) is 24.8 Å². The van der Waals surface area contributed by atoms with Gasteiger partial charge in [0.25, 0.3) is 6.43 Å². The summed E-state index contributed by atoms with van der Waals surface area (Å²) >= 11 is 5.90. The standard InChI is InChI=1S/C31H27ClF3N5O4/c1-14-28-19-5-4-18(37-31(42)44-2)12-23(19)38-25(41)11-17-9-16(17)10-21(30(36-14)39-28)24-8-3-15(13-40(24)43)26-20(29(34)35)6-7-22(32)27(26)33/h3-8,12-13,16-17,21,29H,9-11H2,1-2H3,(H,36,39)(H,37,42)(H,38,41). The van der Waals surface area contributed by atoms with Gasteiger partial charge >= 0.3 is 6.09 Å². The molecule has 1 fully saturated rings. The number of anilines is 2. The lowest BCUT2D eigenvalue weighted by molar-refractivity contribution is -0.614. The van der Waals surface area contributed by atoms with Crippen LogP contribution in [0, 0.1) is 29.8 Å². The highest BCUT2D eigenvalue weighted by molar-refractivity contribution is 6.31. The largest absolute Gasteiger partial charge is 0.618 e. The number of ether oxygens (including phenoxy) is 1. The summed E-state index contributed by atoms with van der Waals surface area (Å²) in [5, 5.41) is 18.7. The summed E-state index contributed by atoms with van der Waals surface area (Å²) in [5.74, 6) is -1.04. The van der Waals surface area contributed by atoms with Gasteiger partial charge in [-0.15, -0.1) is 0 Å². The Morgan fingerprint density at radius 3 is 2.70 bits per heavy atom. The Balaban J connectivity index is 1.43. The highest BCUT2D eigenvalue weighted by Gasteiger charge is 2.43. The first-order chi connectivity index (χ1) is 21.0. The molecule has 2 aromatic heterocycles. The summed E-state index contributed by atoms with van der Waals surface area (Å²) in [4.78, 5) is 33.0. The number of imidazole rings is 1. The molecule has 6 rings (SSSR count). The van der Waals surface area contributed by atoms with Crippen LogP contribution in [0.2, 0.25) is 5.02 Å². The van der Waals surface area contributed by atoms with Gasteiger partial charge in [-0.25, -0.2) is 22.9 Å². The SMILES string of the molecule is COC(=O)Nc1ccc2c(c1)NC(=O)CC1CC1CC(c1ccc(-c3c(C(F)F)ccc(Cl)c3F)c[n+]1[O-])c1nc-2c(C)[nH]1. The number of benzene rings is 2. The van der Waals surface area contributed by atoms with Gasteiger partial charge in [-0.3, -0.25) is 10.1 Å². The van der Waals surface area contributed by atoms with Crippen molar-refractivity contribution in [2.45, 2.75) is 38.5 Å². The number of hydrogen-bond donors (Lipinski definition) is 3. The van der Waals surface area contributed by atoms with Crippen LogP contribution >= 0.6 is 11.6 Å². The Bertz CT molecular complexity index is 1800. The first-order valence-corrected chi connectivity index (χ1v) is 14.3. The number of pyridine rings is 1. The number of aromatic amines is 1. The molecule has 9 nitrogen and oxygen atoms in total. The van der Waals surface area contributed by atoms with Crippen LogP contribution in [0.1, 0.15) is 54.4 Å². The number of nitrogens with zero attached hydrogens (tertiary/aromatic N) is 2. The van der Waals surface area contributed by atoms with Gasteiger partial charge in [0.05, 0.1) is 29.1 Å². The van der Waals surface area contributed by atoms with E-state index in [4.69, 9.17) is 16.6 Å². The summed E-state index contributed by atoms with van der Waals surface area (Å²) < 4.78 is 47.7. The number of carbonyl (C=O) groups is 2. The predicted molar refractivity (Wildman–Crippen MR) is 157 cm³/mol. The highest BCUT2D eigenvalue weighted by Crippen LogP contribution is 2.49. The molecule has 0 radical (unpaired) electrons. The molecule has 3 atom stereocenters. The summed E-state index contributed by atoms with van der Waals surface area (Å²) in [6.45, 7) is 1.82. The fourth-order valence-corrected chi connectivity index (χ4v) is 6.08. The number of hydrogen-bond acceptors (Lipinski definition) is 5. The van der Waals surface area contributed by atoms with Crippen molar-refractivity contribution in [3.63, 3.8) is 0 Å². The van der Waals surface area contributed by atoms with E-state index in [2.05, 4.69) is 20.4 Å². The van der Waals surface area contributed by atoms with E-state index >= 15 is 0 Å². The van der Waals surface area contributed by atoms with Crippen molar-refractivity contribution >= 4 is 35.0 Å². The monoisotopic (exact) mass is 625 g/mol. The molecule has 2 aliphatic rings. The van der Waals surface area contributed by atoms with Crippen LogP contribution in [-0.2, 0) is 9.53 Å². The van der Waals surface area contributed by atoms with Crippen LogP contribution in [0.15, 0.2) is 48.7 Å². The number of aryl methyl sites for hydroxylation is 1. The van der Waals surface area contributed by atoms with Crippen molar-refractivity contribution in [2.24, 2.45) is 11.8 Å². The van der Waals surface area contributed by atoms with Gasteiger partial charge in [0.1, 0.15) is 17.6 Å². The maximum absolute atomic E-state index is 15.0. The first-order valence-electron chi connectivity index (χ1n) is 13.9. The van der Waals surface area contributed by atoms with Crippen molar-refractivity contribution in [2.75, 3.05) is 17.7 Å². The smallest absolute Gasteiger partial charge is 0.411 e. The van der Waals surface area contributed by atoms with Gasteiger partial charge < -0.3 is 20.2 Å². The van der Waals surface area contributed by atoms with E-state index in [1.165, 1.54) is 19.2 Å². The molecule has 13 heteroatoms. The molecule has 0 saturated heterocycles. The number of aromatic nitrogens is 3. The minimum absolute atomic E-state index is 0.0326. The van der Waals surface area contributed by atoms with Crippen LogP contribution < -0.4 is 15.4 Å².